The second-order valence-corrected chi connectivity index (χ2v) is 5.31. The van der Waals surface area contributed by atoms with Crippen molar-refractivity contribution in [3.8, 4) is 5.75 Å². The maximum atomic E-state index is 13.7. The Morgan fingerprint density at radius 2 is 2.17 bits per heavy atom. The molecule has 18 heavy (non-hydrogen) atoms. The van der Waals surface area contributed by atoms with E-state index in [0.717, 1.165) is 37.1 Å². The number of halogens is 1. The predicted molar refractivity (Wildman–Crippen MR) is 71.9 cm³/mol. The Morgan fingerprint density at radius 3 is 2.72 bits per heavy atom. The lowest BCUT2D eigenvalue weighted by Crippen LogP contribution is -2.29. The van der Waals surface area contributed by atoms with E-state index in [2.05, 4.69) is 19.2 Å². The highest BCUT2D eigenvalue weighted by Crippen LogP contribution is 2.37. The molecule has 100 valence electrons. The van der Waals surface area contributed by atoms with Gasteiger partial charge in [0.05, 0.1) is 7.11 Å². The quantitative estimate of drug-likeness (QED) is 0.888. The molecule has 0 bridgehead atoms. The van der Waals surface area contributed by atoms with Gasteiger partial charge in [0.15, 0.2) is 0 Å². The van der Waals surface area contributed by atoms with Gasteiger partial charge in [0.1, 0.15) is 11.6 Å². The van der Waals surface area contributed by atoms with Gasteiger partial charge in [0.25, 0.3) is 0 Å². The summed E-state index contributed by atoms with van der Waals surface area (Å²) in [5, 5.41) is 3.39. The maximum Gasteiger partial charge on any atom is 0.127 e. The maximum absolute atomic E-state index is 13.7. The van der Waals surface area contributed by atoms with E-state index in [-0.39, 0.29) is 5.82 Å². The van der Waals surface area contributed by atoms with E-state index in [1.807, 2.05) is 0 Å². The molecule has 1 fully saturated rings. The zero-order valence-electron chi connectivity index (χ0n) is 11.4. The average Bonchev–Trinajstić information content (AvgIpc) is 2.38. The first-order chi connectivity index (χ1) is 8.63. The molecule has 1 aromatic carbocycles. The van der Waals surface area contributed by atoms with Crippen molar-refractivity contribution in [2.75, 3.05) is 20.2 Å². The van der Waals surface area contributed by atoms with Crippen LogP contribution in [0.2, 0.25) is 0 Å². The van der Waals surface area contributed by atoms with Gasteiger partial charge in [-0.2, -0.15) is 0 Å². The van der Waals surface area contributed by atoms with Crippen molar-refractivity contribution in [1.29, 1.82) is 0 Å². The van der Waals surface area contributed by atoms with Gasteiger partial charge in [0, 0.05) is 18.2 Å². The van der Waals surface area contributed by atoms with Gasteiger partial charge in [-0.1, -0.05) is 13.8 Å². The molecule has 1 atom stereocenters. The van der Waals surface area contributed by atoms with Crippen LogP contribution in [0.5, 0.6) is 5.75 Å². The third-order valence-electron chi connectivity index (χ3n) is 3.67. The van der Waals surface area contributed by atoms with Crippen LogP contribution < -0.4 is 10.1 Å². The van der Waals surface area contributed by atoms with Crippen LogP contribution in [-0.2, 0) is 0 Å². The zero-order chi connectivity index (χ0) is 13.1. The van der Waals surface area contributed by atoms with Gasteiger partial charge in [-0.25, -0.2) is 4.39 Å². The van der Waals surface area contributed by atoms with E-state index >= 15 is 0 Å². The minimum absolute atomic E-state index is 0.197. The summed E-state index contributed by atoms with van der Waals surface area (Å²) >= 11 is 0. The molecule has 0 spiro atoms. The second-order valence-electron chi connectivity index (χ2n) is 5.31. The summed E-state index contributed by atoms with van der Waals surface area (Å²) in [5.41, 5.74) is 2.28. The Hall–Kier alpha value is -1.09. The fraction of sp³-hybridized carbons (Fsp3) is 0.600. The third kappa shape index (κ3) is 2.66. The molecule has 1 unspecified atom stereocenters. The van der Waals surface area contributed by atoms with E-state index in [9.17, 15) is 4.39 Å². The monoisotopic (exact) mass is 251 g/mol. The number of methoxy groups -OCH3 is 1. The summed E-state index contributed by atoms with van der Waals surface area (Å²) in [5.74, 6) is 1.24. The summed E-state index contributed by atoms with van der Waals surface area (Å²) < 4.78 is 19.1. The van der Waals surface area contributed by atoms with Gasteiger partial charge in [0.2, 0.25) is 0 Å². The first-order valence-corrected chi connectivity index (χ1v) is 6.71. The number of nitrogens with one attached hydrogen (secondary N) is 1. The van der Waals surface area contributed by atoms with Crippen LogP contribution in [0.25, 0.3) is 0 Å². The number of hydrogen-bond acceptors (Lipinski definition) is 2. The Labute approximate surface area is 109 Å². The minimum Gasteiger partial charge on any atom is -0.496 e. The van der Waals surface area contributed by atoms with Crippen LogP contribution in [0.1, 0.15) is 49.7 Å². The average molecular weight is 251 g/mol. The lowest BCUT2D eigenvalue weighted by Gasteiger charge is -2.27. The Kier molecular flexibility index (Phi) is 4.23. The van der Waals surface area contributed by atoms with Crippen molar-refractivity contribution in [1.82, 2.24) is 5.32 Å². The molecule has 0 radical (unpaired) electrons. The van der Waals surface area contributed by atoms with Gasteiger partial charge in [-0.05, 0) is 42.9 Å². The molecule has 0 amide bonds. The Balaban J connectivity index is 2.45. The SMILES string of the molecule is COc1cc(F)cc(C2CCCNC2)c1C(C)C. The molecule has 3 heteroatoms. The smallest absolute Gasteiger partial charge is 0.127 e. The van der Waals surface area contributed by atoms with Gasteiger partial charge >= 0.3 is 0 Å². The molecular formula is C15H22FNO. The summed E-state index contributed by atoms with van der Waals surface area (Å²) in [6.45, 7) is 6.28. The van der Waals surface area contributed by atoms with Crippen molar-refractivity contribution in [2.24, 2.45) is 0 Å². The Morgan fingerprint density at radius 1 is 1.39 bits per heavy atom. The number of benzene rings is 1. The second kappa shape index (κ2) is 5.70. The highest BCUT2D eigenvalue weighted by Gasteiger charge is 2.23. The first-order valence-electron chi connectivity index (χ1n) is 6.71. The summed E-state index contributed by atoms with van der Waals surface area (Å²) in [4.78, 5) is 0. The van der Waals surface area contributed by atoms with E-state index in [4.69, 9.17) is 4.74 Å². The molecule has 0 aromatic heterocycles. The van der Waals surface area contributed by atoms with Crippen molar-refractivity contribution in [3.63, 3.8) is 0 Å². The molecule has 1 aromatic rings. The lowest BCUT2D eigenvalue weighted by atomic mass is 9.84. The molecule has 1 aliphatic heterocycles. The van der Waals surface area contributed by atoms with E-state index < -0.39 is 0 Å². The summed E-state index contributed by atoms with van der Waals surface area (Å²) in [6.07, 6.45) is 2.28. The fourth-order valence-electron chi connectivity index (χ4n) is 2.85. The van der Waals surface area contributed by atoms with Crippen LogP contribution in [0.15, 0.2) is 12.1 Å². The first kappa shape index (κ1) is 13.3. The fourth-order valence-corrected chi connectivity index (χ4v) is 2.85. The van der Waals surface area contributed by atoms with Crippen LogP contribution in [-0.4, -0.2) is 20.2 Å². The zero-order valence-corrected chi connectivity index (χ0v) is 11.4. The van der Waals surface area contributed by atoms with Gasteiger partial charge < -0.3 is 10.1 Å². The van der Waals surface area contributed by atoms with E-state index in [1.54, 1.807) is 13.2 Å². The summed E-state index contributed by atoms with van der Waals surface area (Å²) in [7, 11) is 1.61. The molecule has 2 nitrogen and oxygen atoms in total. The van der Waals surface area contributed by atoms with Crippen molar-refractivity contribution in [2.45, 2.75) is 38.5 Å². The standard InChI is InChI=1S/C15H22FNO/c1-10(2)15-13(11-5-4-6-17-9-11)7-12(16)8-14(15)18-3/h7-8,10-11,17H,4-6,9H2,1-3H3. The number of rotatable bonds is 3. The number of hydrogen-bond donors (Lipinski definition) is 1. The normalized spacial score (nSPS) is 20.2. The van der Waals surface area contributed by atoms with Crippen molar-refractivity contribution < 1.29 is 9.13 Å². The topological polar surface area (TPSA) is 21.3 Å². The molecular weight excluding hydrogens is 229 g/mol. The molecule has 0 saturated carbocycles. The highest BCUT2D eigenvalue weighted by molar-refractivity contribution is 5.45. The number of ether oxygens (including phenoxy) is 1. The van der Waals surface area contributed by atoms with E-state index in [1.165, 1.54) is 6.07 Å². The van der Waals surface area contributed by atoms with Crippen LogP contribution in [0.4, 0.5) is 4.39 Å². The predicted octanol–water partition coefficient (Wildman–Crippen LogP) is 3.42. The minimum atomic E-state index is -0.197. The molecule has 1 aliphatic rings. The number of piperidine rings is 1. The van der Waals surface area contributed by atoms with Gasteiger partial charge in [-0.3, -0.25) is 0 Å². The van der Waals surface area contributed by atoms with E-state index in [0.29, 0.717) is 17.6 Å². The van der Waals surface area contributed by atoms with Crippen LogP contribution >= 0.6 is 0 Å². The lowest BCUT2D eigenvalue weighted by molar-refractivity contribution is 0.398. The van der Waals surface area contributed by atoms with Crippen molar-refractivity contribution in [3.05, 3.63) is 29.1 Å². The third-order valence-corrected chi connectivity index (χ3v) is 3.67. The molecule has 1 heterocycles. The molecule has 0 aliphatic carbocycles. The Bertz CT molecular complexity index is 411. The molecule has 2 rings (SSSR count). The van der Waals surface area contributed by atoms with Crippen molar-refractivity contribution >= 4 is 0 Å². The molecule has 1 saturated heterocycles. The highest BCUT2D eigenvalue weighted by atomic mass is 19.1. The molecule has 1 N–H and O–H groups in total. The van der Waals surface area contributed by atoms with Crippen LogP contribution in [0.3, 0.4) is 0 Å². The largest absolute Gasteiger partial charge is 0.496 e. The van der Waals surface area contributed by atoms with Gasteiger partial charge in [-0.15, -0.1) is 0 Å². The summed E-state index contributed by atoms with van der Waals surface area (Å²) in [6, 6.07) is 3.19. The van der Waals surface area contributed by atoms with Crippen LogP contribution in [0, 0.1) is 5.82 Å².